The molecule has 1 aromatic rings. The zero-order valence-electron chi connectivity index (χ0n) is 18.3. The molecule has 0 spiro atoms. The van der Waals surface area contributed by atoms with Crippen LogP contribution in [0.1, 0.15) is 25.7 Å². The Balaban J connectivity index is 1.61. The van der Waals surface area contributed by atoms with Crippen molar-refractivity contribution in [2.45, 2.75) is 25.7 Å². The zero-order chi connectivity index (χ0) is 23.2. The highest BCUT2D eigenvalue weighted by molar-refractivity contribution is 5.81. The Morgan fingerprint density at radius 1 is 0.781 bits per heavy atom. The molecule has 0 bridgehead atoms. The number of carbonyl (C=O) groups excluding carboxylic acids is 2. The molecule has 0 heterocycles. The number of nitrogens with one attached hydrogen (secondary N) is 2. The van der Waals surface area contributed by atoms with Crippen LogP contribution >= 0.6 is 0 Å². The minimum absolute atomic E-state index is 0.205. The van der Waals surface area contributed by atoms with E-state index in [1.165, 1.54) is 14.2 Å². The van der Waals surface area contributed by atoms with Crippen LogP contribution in [0.2, 0.25) is 0 Å². The predicted octanol–water partition coefficient (Wildman–Crippen LogP) is 2.24. The Bertz CT molecular complexity index is 976. The Hall–Kier alpha value is -3.42. The van der Waals surface area contributed by atoms with Crippen molar-refractivity contribution in [3.63, 3.8) is 0 Å². The van der Waals surface area contributed by atoms with Gasteiger partial charge in [0.2, 0.25) is 0 Å². The standard InChI is InChI=1S/C24H28N2O6/c1-31-21(29)23(9-5-3-6-10-23)13-15-25-17-18(20(28)19(17)27)26-16-14-24(22(30)32-2)11-7-4-8-12-24/h3-9,11,25-26H,10,12-16H2,1-2H3. The average Bonchev–Trinajstić information content (AvgIpc) is 2.84. The molecule has 8 nitrogen and oxygen atoms in total. The Kier molecular flexibility index (Phi) is 7.12. The summed E-state index contributed by atoms with van der Waals surface area (Å²) in [4.78, 5) is 48.8. The molecular weight excluding hydrogens is 412 g/mol. The maximum atomic E-state index is 12.3. The lowest BCUT2D eigenvalue weighted by Crippen LogP contribution is -2.40. The van der Waals surface area contributed by atoms with Crippen LogP contribution in [0.25, 0.3) is 0 Å². The summed E-state index contributed by atoms with van der Waals surface area (Å²) in [5.74, 6) is -0.683. The number of hydrogen-bond acceptors (Lipinski definition) is 8. The molecule has 8 heteroatoms. The third-order valence-corrected chi connectivity index (χ3v) is 6.13. The van der Waals surface area contributed by atoms with Gasteiger partial charge in [0.05, 0.1) is 25.0 Å². The molecule has 2 unspecified atom stereocenters. The summed E-state index contributed by atoms with van der Waals surface area (Å²) in [6, 6.07) is 0. The number of rotatable bonds is 10. The van der Waals surface area contributed by atoms with E-state index < -0.39 is 21.7 Å². The van der Waals surface area contributed by atoms with Gasteiger partial charge in [-0.2, -0.15) is 0 Å². The van der Waals surface area contributed by atoms with Crippen molar-refractivity contribution in [3.8, 4) is 0 Å². The topological polar surface area (TPSA) is 111 Å². The van der Waals surface area contributed by atoms with Crippen molar-refractivity contribution >= 4 is 23.3 Å². The number of hydrogen-bond donors (Lipinski definition) is 2. The molecule has 2 aliphatic rings. The summed E-state index contributed by atoms with van der Waals surface area (Å²) < 4.78 is 9.91. The van der Waals surface area contributed by atoms with Crippen LogP contribution in [0.15, 0.2) is 58.2 Å². The van der Waals surface area contributed by atoms with Crippen molar-refractivity contribution in [2.75, 3.05) is 37.9 Å². The van der Waals surface area contributed by atoms with Crippen LogP contribution in [-0.4, -0.2) is 39.2 Å². The van der Waals surface area contributed by atoms with Crippen molar-refractivity contribution in [1.29, 1.82) is 0 Å². The molecule has 3 rings (SSSR count). The fraction of sp³-hybridized carbons (Fsp3) is 0.417. The molecule has 2 atom stereocenters. The second kappa shape index (κ2) is 9.80. The van der Waals surface area contributed by atoms with Gasteiger partial charge < -0.3 is 20.1 Å². The number of methoxy groups -OCH3 is 2. The smallest absolute Gasteiger partial charge is 0.316 e. The summed E-state index contributed by atoms with van der Waals surface area (Å²) in [5, 5.41) is 5.99. The van der Waals surface area contributed by atoms with Gasteiger partial charge in [0, 0.05) is 13.1 Å². The van der Waals surface area contributed by atoms with E-state index >= 15 is 0 Å². The van der Waals surface area contributed by atoms with E-state index in [1.807, 2.05) is 24.3 Å². The van der Waals surface area contributed by atoms with Gasteiger partial charge in [-0.1, -0.05) is 48.6 Å². The van der Waals surface area contributed by atoms with Crippen molar-refractivity contribution in [1.82, 2.24) is 0 Å². The van der Waals surface area contributed by atoms with E-state index in [9.17, 15) is 19.2 Å². The first-order valence-corrected chi connectivity index (χ1v) is 10.6. The summed E-state index contributed by atoms with van der Waals surface area (Å²) >= 11 is 0. The molecule has 0 fully saturated rings. The van der Waals surface area contributed by atoms with E-state index in [-0.39, 0.29) is 23.3 Å². The van der Waals surface area contributed by atoms with Gasteiger partial charge in [-0.05, 0) is 25.7 Å². The third-order valence-electron chi connectivity index (χ3n) is 6.13. The lowest BCUT2D eigenvalue weighted by atomic mass is 9.78. The van der Waals surface area contributed by atoms with Crippen molar-refractivity contribution in [3.05, 3.63) is 69.1 Å². The molecule has 0 aliphatic heterocycles. The lowest BCUT2D eigenvalue weighted by molar-refractivity contribution is -0.150. The largest absolute Gasteiger partial charge is 0.468 e. The first-order valence-electron chi connectivity index (χ1n) is 10.6. The average molecular weight is 440 g/mol. The van der Waals surface area contributed by atoms with E-state index in [4.69, 9.17) is 9.47 Å². The fourth-order valence-electron chi connectivity index (χ4n) is 4.16. The highest BCUT2D eigenvalue weighted by atomic mass is 16.5. The van der Waals surface area contributed by atoms with Gasteiger partial charge in [-0.3, -0.25) is 19.2 Å². The van der Waals surface area contributed by atoms with E-state index in [0.717, 1.165) is 0 Å². The second-order valence-electron chi connectivity index (χ2n) is 8.04. The number of carbonyl (C=O) groups is 2. The Morgan fingerprint density at radius 2 is 1.19 bits per heavy atom. The van der Waals surface area contributed by atoms with Crippen LogP contribution in [0.3, 0.4) is 0 Å². The van der Waals surface area contributed by atoms with E-state index in [1.54, 1.807) is 24.3 Å². The van der Waals surface area contributed by atoms with E-state index in [0.29, 0.717) is 38.8 Å². The Morgan fingerprint density at radius 3 is 1.50 bits per heavy atom. The monoisotopic (exact) mass is 440 g/mol. The predicted molar refractivity (Wildman–Crippen MR) is 122 cm³/mol. The van der Waals surface area contributed by atoms with E-state index in [2.05, 4.69) is 10.6 Å². The highest BCUT2D eigenvalue weighted by Gasteiger charge is 2.38. The summed E-state index contributed by atoms with van der Waals surface area (Å²) in [6.45, 7) is 0.624. The molecule has 2 aliphatic carbocycles. The van der Waals surface area contributed by atoms with Gasteiger partial charge in [0.1, 0.15) is 11.4 Å². The first-order chi connectivity index (χ1) is 15.4. The third kappa shape index (κ3) is 4.44. The highest BCUT2D eigenvalue weighted by Crippen LogP contribution is 2.34. The SMILES string of the molecule is COC(=O)C1(CCNc2c(NCCC3(C(=O)OC)C=CC=CC3)c(=O)c2=O)C=CC=CC1. The second-order valence-corrected chi connectivity index (χ2v) is 8.04. The molecule has 2 N–H and O–H groups in total. The molecule has 0 aromatic heterocycles. The normalized spacial score (nSPS) is 23.8. The summed E-state index contributed by atoms with van der Waals surface area (Å²) in [5.41, 5.74) is -2.37. The molecule has 170 valence electrons. The number of esters is 2. The van der Waals surface area contributed by atoms with Crippen LogP contribution < -0.4 is 21.5 Å². The molecule has 0 saturated heterocycles. The van der Waals surface area contributed by atoms with Crippen LogP contribution in [0, 0.1) is 10.8 Å². The van der Waals surface area contributed by atoms with Crippen LogP contribution in [0.5, 0.6) is 0 Å². The van der Waals surface area contributed by atoms with Crippen molar-refractivity contribution in [2.24, 2.45) is 10.8 Å². The molecule has 1 aromatic carbocycles. The molecule has 0 saturated carbocycles. The molecule has 0 amide bonds. The maximum Gasteiger partial charge on any atom is 0.316 e. The van der Waals surface area contributed by atoms with Gasteiger partial charge >= 0.3 is 11.9 Å². The lowest BCUT2D eigenvalue weighted by Gasteiger charge is -2.29. The van der Waals surface area contributed by atoms with Crippen LogP contribution in [0.4, 0.5) is 11.4 Å². The van der Waals surface area contributed by atoms with Gasteiger partial charge in [0.15, 0.2) is 0 Å². The molecule has 0 radical (unpaired) electrons. The minimum atomic E-state index is -0.796. The quantitative estimate of drug-likeness (QED) is 0.421. The number of anilines is 2. The number of allylic oxidation sites excluding steroid dienone is 6. The van der Waals surface area contributed by atoms with Gasteiger partial charge in [-0.25, -0.2) is 0 Å². The van der Waals surface area contributed by atoms with Crippen molar-refractivity contribution < 1.29 is 19.1 Å². The minimum Gasteiger partial charge on any atom is -0.468 e. The van der Waals surface area contributed by atoms with Gasteiger partial charge in [-0.15, -0.1) is 0 Å². The van der Waals surface area contributed by atoms with Crippen LogP contribution in [-0.2, 0) is 19.1 Å². The number of ether oxygens (including phenoxy) is 2. The Labute approximate surface area is 186 Å². The molecule has 32 heavy (non-hydrogen) atoms. The summed E-state index contributed by atoms with van der Waals surface area (Å²) in [7, 11) is 2.70. The van der Waals surface area contributed by atoms with Gasteiger partial charge in [0.25, 0.3) is 10.9 Å². The first kappa shape index (κ1) is 23.2. The molecular formula is C24H28N2O6. The fourth-order valence-corrected chi connectivity index (χ4v) is 4.16. The maximum absolute atomic E-state index is 12.3. The zero-order valence-corrected chi connectivity index (χ0v) is 18.3. The summed E-state index contributed by atoms with van der Waals surface area (Å²) in [6.07, 6.45) is 16.6.